The average Bonchev–Trinajstić information content (AvgIpc) is 3.19. The van der Waals surface area contributed by atoms with Crippen LogP contribution in [-0.4, -0.2) is 22.3 Å². The quantitative estimate of drug-likeness (QED) is 0.320. The van der Waals surface area contributed by atoms with Crippen molar-refractivity contribution in [2.45, 2.75) is 57.9 Å². The zero-order valence-corrected chi connectivity index (χ0v) is 21.3. The number of hydrogen-bond donors (Lipinski definition) is 1. The molecule has 0 bridgehead atoms. The highest BCUT2D eigenvalue weighted by Crippen LogP contribution is 2.41. The highest BCUT2D eigenvalue weighted by Gasteiger charge is 2.39. The van der Waals surface area contributed by atoms with Crippen LogP contribution < -0.4 is 9.47 Å². The SMILES string of the molecule is CC1Cc2cnc(OCc3cc(-c4cc(F)c(OCC5CC(C)(O)C5)c(F)c4)c(C(F)(F)F)cc3F)cc2C1. The zero-order chi connectivity index (χ0) is 28.1. The maximum atomic E-state index is 14.8. The minimum Gasteiger partial charge on any atom is -0.487 e. The van der Waals surface area contributed by atoms with Gasteiger partial charge in [0.2, 0.25) is 5.88 Å². The Balaban J connectivity index is 1.41. The Bertz CT molecular complexity index is 1370. The number of halogens is 6. The molecule has 1 atom stereocenters. The number of alkyl halides is 3. The van der Waals surface area contributed by atoms with E-state index in [0.717, 1.165) is 42.2 Å². The third kappa shape index (κ3) is 5.85. The Morgan fingerprint density at radius 2 is 1.62 bits per heavy atom. The van der Waals surface area contributed by atoms with Crippen LogP contribution in [0, 0.1) is 29.3 Å². The molecule has 0 aliphatic heterocycles. The lowest BCUT2D eigenvalue weighted by Gasteiger charge is -2.40. The Labute approximate surface area is 221 Å². The molecular formula is C29H27F6NO3. The average molecular weight is 552 g/mol. The van der Waals surface area contributed by atoms with Gasteiger partial charge in [-0.15, -0.1) is 0 Å². The lowest BCUT2D eigenvalue weighted by Crippen LogP contribution is -2.43. The number of benzene rings is 2. The molecule has 1 N–H and O–H groups in total. The molecule has 4 nitrogen and oxygen atoms in total. The lowest BCUT2D eigenvalue weighted by molar-refractivity contribution is -0.137. The molecule has 1 saturated carbocycles. The number of nitrogens with zero attached hydrogens (tertiary/aromatic N) is 1. The van der Waals surface area contributed by atoms with Gasteiger partial charge >= 0.3 is 6.18 Å². The molecule has 5 rings (SSSR count). The van der Waals surface area contributed by atoms with E-state index in [0.29, 0.717) is 24.8 Å². The highest BCUT2D eigenvalue weighted by atomic mass is 19.4. The third-order valence-corrected chi connectivity index (χ3v) is 7.29. The zero-order valence-electron chi connectivity index (χ0n) is 21.3. The molecule has 1 fully saturated rings. The van der Waals surface area contributed by atoms with Crippen molar-refractivity contribution >= 4 is 0 Å². The predicted octanol–water partition coefficient (Wildman–Crippen LogP) is 7.04. The summed E-state index contributed by atoms with van der Waals surface area (Å²) < 4.78 is 96.7. The van der Waals surface area contributed by atoms with Crippen molar-refractivity contribution in [1.29, 1.82) is 0 Å². The van der Waals surface area contributed by atoms with E-state index in [1.165, 1.54) is 0 Å². The predicted molar refractivity (Wildman–Crippen MR) is 131 cm³/mol. The molecule has 39 heavy (non-hydrogen) atoms. The first kappa shape index (κ1) is 27.3. The molecule has 208 valence electrons. The molecule has 0 saturated heterocycles. The van der Waals surface area contributed by atoms with Gasteiger partial charge in [0.1, 0.15) is 12.4 Å². The number of hydrogen-bond acceptors (Lipinski definition) is 4. The van der Waals surface area contributed by atoms with Crippen molar-refractivity contribution in [2.75, 3.05) is 6.61 Å². The number of aromatic nitrogens is 1. The van der Waals surface area contributed by atoms with Crippen LogP contribution in [-0.2, 0) is 25.6 Å². The van der Waals surface area contributed by atoms with E-state index in [9.17, 15) is 31.4 Å². The second kappa shape index (κ2) is 10.0. The topological polar surface area (TPSA) is 51.6 Å². The van der Waals surface area contributed by atoms with Crippen LogP contribution in [0.5, 0.6) is 11.6 Å². The van der Waals surface area contributed by atoms with E-state index >= 15 is 0 Å². The van der Waals surface area contributed by atoms with E-state index in [2.05, 4.69) is 11.9 Å². The van der Waals surface area contributed by atoms with Crippen molar-refractivity contribution < 1.29 is 40.9 Å². The monoisotopic (exact) mass is 551 g/mol. The summed E-state index contributed by atoms with van der Waals surface area (Å²) >= 11 is 0. The van der Waals surface area contributed by atoms with E-state index < -0.39 is 58.3 Å². The molecule has 2 aliphatic rings. The van der Waals surface area contributed by atoms with Crippen LogP contribution in [0.4, 0.5) is 26.3 Å². The fourth-order valence-electron chi connectivity index (χ4n) is 5.49. The number of aliphatic hydroxyl groups is 1. The van der Waals surface area contributed by atoms with Crippen LogP contribution >= 0.6 is 0 Å². The van der Waals surface area contributed by atoms with Gasteiger partial charge in [-0.05, 0) is 91.0 Å². The summed E-state index contributed by atoms with van der Waals surface area (Å²) in [7, 11) is 0. The number of ether oxygens (including phenoxy) is 2. The van der Waals surface area contributed by atoms with Crippen molar-refractivity contribution in [2.24, 2.45) is 11.8 Å². The Kier molecular flexibility index (Phi) is 7.03. The molecule has 1 unspecified atom stereocenters. The van der Waals surface area contributed by atoms with Gasteiger partial charge in [0.15, 0.2) is 17.4 Å². The van der Waals surface area contributed by atoms with Crippen LogP contribution in [0.15, 0.2) is 36.5 Å². The molecule has 1 heterocycles. The standard InChI is InChI=1S/C29H27F6NO3/c1-15-3-17-8-26(36-12-19(17)4-15)38-14-20-5-21(22(9-23(20)30)29(33,34)35)18-6-24(31)27(25(32)7-18)39-13-16-10-28(2,37)11-16/h5-9,12,15-16,37H,3-4,10-11,13-14H2,1-2H3. The summed E-state index contributed by atoms with van der Waals surface area (Å²) in [5.74, 6) is -3.71. The van der Waals surface area contributed by atoms with Crippen LogP contribution in [0.2, 0.25) is 0 Å². The van der Waals surface area contributed by atoms with Gasteiger partial charge in [-0.2, -0.15) is 13.2 Å². The molecule has 0 spiro atoms. The largest absolute Gasteiger partial charge is 0.487 e. The van der Waals surface area contributed by atoms with Gasteiger partial charge in [-0.3, -0.25) is 0 Å². The van der Waals surface area contributed by atoms with Gasteiger partial charge in [-0.25, -0.2) is 18.2 Å². The summed E-state index contributed by atoms with van der Waals surface area (Å²) in [4.78, 5) is 4.20. The molecule has 10 heteroatoms. The maximum Gasteiger partial charge on any atom is 0.417 e. The summed E-state index contributed by atoms with van der Waals surface area (Å²) in [5, 5.41) is 9.80. The van der Waals surface area contributed by atoms with Crippen molar-refractivity contribution in [3.63, 3.8) is 0 Å². The Morgan fingerprint density at radius 1 is 0.949 bits per heavy atom. The fourth-order valence-corrected chi connectivity index (χ4v) is 5.49. The van der Waals surface area contributed by atoms with E-state index in [1.54, 1.807) is 19.2 Å². The van der Waals surface area contributed by atoms with Crippen LogP contribution in [0.25, 0.3) is 11.1 Å². The summed E-state index contributed by atoms with van der Waals surface area (Å²) in [5.41, 5.74) is -1.34. The molecule has 1 aromatic heterocycles. The summed E-state index contributed by atoms with van der Waals surface area (Å²) in [6.07, 6.45) is -0.777. The van der Waals surface area contributed by atoms with Gasteiger partial charge in [-0.1, -0.05) is 6.92 Å². The van der Waals surface area contributed by atoms with Gasteiger partial charge in [0.25, 0.3) is 0 Å². The van der Waals surface area contributed by atoms with Crippen molar-refractivity contribution in [3.05, 3.63) is 76.2 Å². The fraction of sp³-hybridized carbons (Fsp3) is 0.414. The summed E-state index contributed by atoms with van der Waals surface area (Å²) in [6.45, 7) is 3.26. The van der Waals surface area contributed by atoms with E-state index in [1.807, 2.05) is 0 Å². The van der Waals surface area contributed by atoms with Crippen LogP contribution in [0.3, 0.4) is 0 Å². The van der Waals surface area contributed by atoms with Gasteiger partial charge in [0, 0.05) is 17.8 Å². The first-order valence-electron chi connectivity index (χ1n) is 12.6. The molecular weight excluding hydrogens is 524 g/mol. The van der Waals surface area contributed by atoms with Gasteiger partial charge in [0.05, 0.1) is 17.8 Å². The Hall–Kier alpha value is -3.27. The number of pyridine rings is 1. The molecule has 3 aromatic rings. The number of rotatable bonds is 7. The first-order valence-corrected chi connectivity index (χ1v) is 12.6. The maximum absolute atomic E-state index is 14.8. The second-order valence-corrected chi connectivity index (χ2v) is 10.9. The lowest BCUT2D eigenvalue weighted by atomic mass is 9.73. The van der Waals surface area contributed by atoms with E-state index in [-0.39, 0.29) is 24.0 Å². The number of fused-ring (bicyclic) bond motifs is 1. The summed E-state index contributed by atoms with van der Waals surface area (Å²) in [6, 6.07) is 4.38. The first-order chi connectivity index (χ1) is 18.3. The highest BCUT2D eigenvalue weighted by molar-refractivity contribution is 5.70. The minimum absolute atomic E-state index is 0.0508. The van der Waals surface area contributed by atoms with E-state index in [4.69, 9.17) is 9.47 Å². The molecule has 2 aliphatic carbocycles. The van der Waals surface area contributed by atoms with Crippen molar-refractivity contribution in [1.82, 2.24) is 4.98 Å². The normalized spacial score (nSPS) is 22.4. The smallest absolute Gasteiger partial charge is 0.417 e. The van der Waals surface area contributed by atoms with Crippen LogP contribution in [0.1, 0.15) is 48.9 Å². The van der Waals surface area contributed by atoms with Gasteiger partial charge < -0.3 is 14.6 Å². The second-order valence-electron chi connectivity index (χ2n) is 10.9. The minimum atomic E-state index is -4.99. The Morgan fingerprint density at radius 3 is 2.26 bits per heavy atom. The third-order valence-electron chi connectivity index (χ3n) is 7.29. The molecule has 0 radical (unpaired) electrons. The molecule has 0 amide bonds. The molecule has 2 aromatic carbocycles. The van der Waals surface area contributed by atoms with Crippen molar-refractivity contribution in [3.8, 4) is 22.8 Å².